The molecule has 0 unspecified atom stereocenters. The van der Waals surface area contributed by atoms with Gasteiger partial charge in [-0.3, -0.25) is 9.59 Å². The molecule has 0 atom stereocenters. The summed E-state index contributed by atoms with van der Waals surface area (Å²) in [6.07, 6.45) is -0.0696. The van der Waals surface area contributed by atoms with Crippen molar-refractivity contribution in [2.75, 3.05) is 6.61 Å². The van der Waals surface area contributed by atoms with Gasteiger partial charge in [-0.05, 0) is 221 Å². The predicted molar refractivity (Wildman–Crippen MR) is 232 cm³/mol. The summed E-state index contributed by atoms with van der Waals surface area (Å²) in [6, 6.07) is 15.3. The lowest BCUT2D eigenvalue weighted by atomic mass is 9.93. The van der Waals surface area contributed by atoms with Gasteiger partial charge < -0.3 is 29.2 Å². The van der Waals surface area contributed by atoms with Gasteiger partial charge in [0, 0.05) is 3.57 Å². The molecular weight excluding hydrogens is 1100 g/mol. The maximum atomic E-state index is 11.2. The third-order valence-electron chi connectivity index (χ3n) is 7.95. The topological polar surface area (TPSA) is 112 Å². The number of carboxylic acids is 2. The van der Waals surface area contributed by atoms with Crippen molar-refractivity contribution in [3.05, 3.63) is 102 Å². The fourth-order valence-electron chi connectivity index (χ4n) is 5.81. The van der Waals surface area contributed by atoms with Gasteiger partial charge in [0.2, 0.25) is 0 Å². The fraction of sp³-hybridized carbons (Fsp3) is 0.333. The Hall–Kier alpha value is -1.90. The minimum Gasteiger partial charge on any atom is -0.484 e. The van der Waals surface area contributed by atoms with E-state index in [9.17, 15) is 19.8 Å². The van der Waals surface area contributed by atoms with E-state index in [-0.39, 0.29) is 12.8 Å². The lowest BCUT2D eigenvalue weighted by Crippen LogP contribution is -2.38. The second-order valence-corrected chi connectivity index (χ2v) is 18.3. The first-order chi connectivity index (χ1) is 23.7. The van der Waals surface area contributed by atoms with Crippen LogP contribution in [0.5, 0.6) is 28.7 Å². The summed E-state index contributed by atoms with van der Waals surface area (Å²) < 4.78 is 29.5. The number of ether oxygens (including phenoxy) is 4. The largest absolute Gasteiger partial charge is 0.484 e. The van der Waals surface area contributed by atoms with Crippen molar-refractivity contribution in [3.63, 3.8) is 0 Å². The molecule has 0 aliphatic rings. The molecule has 0 saturated heterocycles. The smallest absolute Gasteiger partial charge is 0.307 e. The first-order valence-corrected chi connectivity index (χ1v) is 20.3. The van der Waals surface area contributed by atoms with Crippen molar-refractivity contribution < 1.29 is 38.7 Å². The SMILES string of the molecule is Cc1cc(CC(=O)O)cc(I)c1Oc1cc(C)c(OC(C)(C)COC(C)(C)c2c(C)cc(Oc3c(C)cc(CC(=O)O)cc3I)cc2I)c(I)c1. The maximum Gasteiger partial charge on any atom is 0.307 e. The molecule has 2 N–H and O–H groups in total. The summed E-state index contributed by atoms with van der Waals surface area (Å²) in [7, 11) is 0. The van der Waals surface area contributed by atoms with Gasteiger partial charge in [-0.2, -0.15) is 0 Å². The molecule has 4 aromatic carbocycles. The van der Waals surface area contributed by atoms with Gasteiger partial charge in [0.25, 0.3) is 0 Å². The summed E-state index contributed by atoms with van der Waals surface area (Å²) in [5.74, 6) is 1.80. The van der Waals surface area contributed by atoms with Crippen LogP contribution in [0.2, 0.25) is 0 Å². The van der Waals surface area contributed by atoms with E-state index < -0.39 is 23.1 Å². The Morgan fingerprint density at radius 1 is 0.588 bits per heavy atom. The Morgan fingerprint density at radius 2 is 1.00 bits per heavy atom. The Morgan fingerprint density at radius 3 is 1.41 bits per heavy atom. The molecule has 51 heavy (non-hydrogen) atoms. The van der Waals surface area contributed by atoms with Crippen LogP contribution in [-0.4, -0.2) is 34.4 Å². The van der Waals surface area contributed by atoms with E-state index in [1.165, 1.54) is 0 Å². The lowest BCUT2D eigenvalue weighted by Gasteiger charge is -2.35. The molecule has 0 radical (unpaired) electrons. The van der Waals surface area contributed by atoms with Crippen molar-refractivity contribution in [2.24, 2.45) is 0 Å². The molecule has 0 aromatic heterocycles. The molecule has 0 amide bonds. The van der Waals surface area contributed by atoms with Crippen LogP contribution in [0.25, 0.3) is 0 Å². The van der Waals surface area contributed by atoms with Gasteiger partial charge in [0.1, 0.15) is 34.3 Å². The second kappa shape index (κ2) is 17.1. The van der Waals surface area contributed by atoms with Crippen LogP contribution in [0.3, 0.4) is 0 Å². The molecule has 0 saturated carbocycles. The van der Waals surface area contributed by atoms with Gasteiger partial charge in [0.05, 0.1) is 35.8 Å². The summed E-state index contributed by atoms with van der Waals surface area (Å²) in [6.45, 7) is 16.3. The van der Waals surface area contributed by atoms with Gasteiger partial charge in [-0.25, -0.2) is 0 Å². The number of carbonyl (C=O) groups is 2. The summed E-state index contributed by atoms with van der Waals surface area (Å²) in [4.78, 5) is 22.4. The zero-order chi connectivity index (χ0) is 38.0. The lowest BCUT2D eigenvalue weighted by molar-refractivity contribution is -0.137. The van der Waals surface area contributed by atoms with E-state index in [0.717, 1.165) is 59.0 Å². The van der Waals surface area contributed by atoms with Gasteiger partial charge in [0.15, 0.2) is 0 Å². The molecular formula is C39H40I4O8. The molecule has 12 heteroatoms. The van der Waals surface area contributed by atoms with Crippen LogP contribution >= 0.6 is 90.4 Å². The highest BCUT2D eigenvalue weighted by Gasteiger charge is 2.32. The second-order valence-electron chi connectivity index (χ2n) is 13.6. The molecule has 4 rings (SSSR count). The van der Waals surface area contributed by atoms with Gasteiger partial charge in [-0.15, -0.1) is 0 Å². The number of hydrogen-bond acceptors (Lipinski definition) is 6. The quantitative estimate of drug-likeness (QED) is 0.120. The van der Waals surface area contributed by atoms with Gasteiger partial charge >= 0.3 is 11.9 Å². The number of aryl methyl sites for hydroxylation is 4. The summed E-state index contributed by atoms with van der Waals surface area (Å²) in [5, 5.41) is 18.4. The summed E-state index contributed by atoms with van der Waals surface area (Å²) >= 11 is 8.96. The number of carboxylic acid groups (broad SMARTS) is 2. The first kappa shape index (κ1) is 41.9. The summed E-state index contributed by atoms with van der Waals surface area (Å²) in [5.41, 5.74) is 4.91. The fourth-order valence-corrected chi connectivity index (χ4v) is 9.90. The van der Waals surface area contributed by atoms with Crippen LogP contribution in [0, 0.1) is 42.0 Å². The van der Waals surface area contributed by atoms with Crippen LogP contribution in [-0.2, 0) is 32.8 Å². The van der Waals surface area contributed by atoms with Crippen LogP contribution < -0.4 is 14.2 Å². The van der Waals surface area contributed by atoms with Crippen LogP contribution in [0.15, 0.2) is 48.5 Å². The molecule has 0 spiro atoms. The monoisotopic (exact) mass is 1140 g/mol. The highest BCUT2D eigenvalue weighted by Crippen LogP contribution is 2.40. The minimum atomic E-state index is -0.868. The third-order valence-corrected chi connectivity index (χ3v) is 11.2. The van der Waals surface area contributed by atoms with Crippen LogP contribution in [0.1, 0.15) is 66.6 Å². The van der Waals surface area contributed by atoms with E-state index in [1.54, 1.807) is 0 Å². The van der Waals surface area contributed by atoms with Gasteiger partial charge in [-0.1, -0.05) is 12.1 Å². The van der Waals surface area contributed by atoms with Crippen molar-refractivity contribution in [1.29, 1.82) is 0 Å². The Bertz CT molecular complexity index is 1890. The average Bonchev–Trinajstić information content (AvgIpc) is 2.97. The highest BCUT2D eigenvalue weighted by molar-refractivity contribution is 14.1. The number of aliphatic carboxylic acids is 2. The molecule has 8 nitrogen and oxygen atoms in total. The standard InChI is InChI=1S/C39H40I4O8/c1-20-11-26(49-35-21(2)9-24(13-29(35)41)15-32(44)45)17-28(40)34(20)39(7,8)48-19-38(5,6)51-37-23(4)12-27(18-31(37)43)50-36-22(3)10-25(14-30(36)42)16-33(46)47/h9-14,17-18H,15-16,19H2,1-8H3,(H,44,45)(H,46,47). The molecule has 0 heterocycles. The first-order valence-electron chi connectivity index (χ1n) is 16.0. The molecule has 0 aliphatic carbocycles. The number of rotatable bonds is 14. The average molecular weight is 1140 g/mol. The van der Waals surface area contributed by atoms with Crippen molar-refractivity contribution in [2.45, 2.75) is 79.4 Å². The van der Waals surface area contributed by atoms with Crippen molar-refractivity contribution >= 4 is 102 Å². The van der Waals surface area contributed by atoms with Crippen LogP contribution in [0.4, 0.5) is 0 Å². The van der Waals surface area contributed by atoms with E-state index in [1.807, 2.05) is 90.1 Å². The van der Waals surface area contributed by atoms with Crippen molar-refractivity contribution in [1.82, 2.24) is 0 Å². The molecule has 0 aliphatic heterocycles. The third kappa shape index (κ3) is 11.1. The minimum absolute atomic E-state index is 0.0334. The highest BCUT2D eigenvalue weighted by atomic mass is 127. The Balaban J connectivity index is 1.47. The van der Waals surface area contributed by atoms with E-state index in [4.69, 9.17) is 18.9 Å². The molecule has 0 bridgehead atoms. The number of halogens is 4. The Kier molecular flexibility index (Phi) is 14.0. The van der Waals surface area contributed by atoms with E-state index in [2.05, 4.69) is 104 Å². The van der Waals surface area contributed by atoms with Crippen molar-refractivity contribution in [3.8, 4) is 28.7 Å². The number of benzene rings is 4. The number of hydrogen-bond donors (Lipinski definition) is 2. The molecule has 0 fully saturated rings. The molecule has 4 aromatic rings. The Labute approximate surface area is 353 Å². The molecule has 272 valence electrons. The zero-order valence-electron chi connectivity index (χ0n) is 29.6. The van der Waals surface area contributed by atoms with E-state index in [0.29, 0.717) is 29.6 Å². The zero-order valence-corrected chi connectivity index (χ0v) is 38.2. The normalized spacial score (nSPS) is 11.8. The maximum absolute atomic E-state index is 11.2. The predicted octanol–water partition coefficient (Wildman–Crippen LogP) is 11.3. The van der Waals surface area contributed by atoms with E-state index >= 15 is 0 Å².